The molecular formula is C16H24N2O4S. The van der Waals surface area contributed by atoms with E-state index in [1.54, 1.807) is 4.31 Å². The maximum atomic E-state index is 12.7. The number of ether oxygens (including phenoxy) is 2. The molecule has 1 aromatic rings. The summed E-state index contributed by atoms with van der Waals surface area (Å²) >= 11 is 0. The molecule has 23 heavy (non-hydrogen) atoms. The van der Waals surface area contributed by atoms with Crippen LogP contribution in [0.2, 0.25) is 0 Å². The van der Waals surface area contributed by atoms with E-state index in [9.17, 15) is 8.42 Å². The van der Waals surface area contributed by atoms with Gasteiger partial charge in [0.2, 0.25) is 0 Å². The lowest BCUT2D eigenvalue weighted by Crippen LogP contribution is -2.53. The molecule has 1 atom stereocenters. The smallest absolute Gasteiger partial charge is 0.282 e. The van der Waals surface area contributed by atoms with Gasteiger partial charge in [0.05, 0.1) is 25.9 Å². The molecule has 2 saturated heterocycles. The Labute approximate surface area is 138 Å². The van der Waals surface area contributed by atoms with E-state index in [4.69, 9.17) is 9.47 Å². The topological polar surface area (TPSA) is 59.1 Å². The lowest BCUT2D eigenvalue weighted by atomic mass is 10.1. The monoisotopic (exact) mass is 340 g/mol. The Kier molecular flexibility index (Phi) is 5.66. The fourth-order valence-electron chi connectivity index (χ4n) is 2.99. The second kappa shape index (κ2) is 7.72. The summed E-state index contributed by atoms with van der Waals surface area (Å²) in [5, 5.41) is 0. The van der Waals surface area contributed by atoms with Gasteiger partial charge in [-0.3, -0.25) is 0 Å². The zero-order chi connectivity index (χ0) is 16.1. The van der Waals surface area contributed by atoms with Gasteiger partial charge in [-0.2, -0.15) is 17.0 Å². The fraction of sp³-hybridized carbons (Fsp3) is 0.625. The molecule has 0 radical (unpaired) electrons. The SMILES string of the molecule is O=S(=O)(N1CCOCC1)N1CCO[C@@H](CCc2ccccc2)C1. The van der Waals surface area contributed by atoms with Crippen molar-refractivity contribution in [2.75, 3.05) is 46.0 Å². The molecule has 3 rings (SSSR count). The third-order valence-electron chi connectivity index (χ3n) is 4.32. The highest BCUT2D eigenvalue weighted by Gasteiger charge is 2.34. The Hall–Kier alpha value is -0.990. The molecule has 1 aromatic carbocycles. The van der Waals surface area contributed by atoms with Gasteiger partial charge in [0.25, 0.3) is 10.2 Å². The second-order valence-corrected chi connectivity index (χ2v) is 7.82. The van der Waals surface area contributed by atoms with E-state index in [2.05, 4.69) is 12.1 Å². The van der Waals surface area contributed by atoms with Crippen molar-refractivity contribution in [1.82, 2.24) is 8.61 Å². The van der Waals surface area contributed by atoms with Crippen LogP contribution >= 0.6 is 0 Å². The Morgan fingerprint density at radius 1 is 1.00 bits per heavy atom. The largest absolute Gasteiger partial charge is 0.379 e. The summed E-state index contributed by atoms with van der Waals surface area (Å²) in [6, 6.07) is 10.2. The number of rotatable bonds is 5. The summed E-state index contributed by atoms with van der Waals surface area (Å²) in [7, 11) is -3.39. The predicted octanol–water partition coefficient (Wildman–Crippen LogP) is 0.897. The Morgan fingerprint density at radius 2 is 1.70 bits per heavy atom. The summed E-state index contributed by atoms with van der Waals surface area (Å²) in [5.41, 5.74) is 1.25. The van der Waals surface area contributed by atoms with Crippen molar-refractivity contribution in [3.8, 4) is 0 Å². The second-order valence-electron chi connectivity index (χ2n) is 5.89. The van der Waals surface area contributed by atoms with Crippen LogP contribution < -0.4 is 0 Å². The molecule has 0 spiro atoms. The van der Waals surface area contributed by atoms with Gasteiger partial charge in [-0.15, -0.1) is 0 Å². The maximum absolute atomic E-state index is 12.7. The molecule has 128 valence electrons. The first kappa shape index (κ1) is 16.9. The van der Waals surface area contributed by atoms with Crippen molar-refractivity contribution in [1.29, 1.82) is 0 Å². The first-order valence-corrected chi connectivity index (χ1v) is 9.54. The molecule has 0 unspecified atom stereocenters. The van der Waals surface area contributed by atoms with Gasteiger partial charge in [0.15, 0.2) is 0 Å². The van der Waals surface area contributed by atoms with E-state index in [0.717, 1.165) is 12.8 Å². The van der Waals surface area contributed by atoms with E-state index in [-0.39, 0.29) is 6.10 Å². The molecular weight excluding hydrogens is 316 g/mol. The third kappa shape index (κ3) is 4.30. The Bertz CT molecular complexity index is 587. The highest BCUT2D eigenvalue weighted by molar-refractivity contribution is 7.86. The zero-order valence-electron chi connectivity index (χ0n) is 13.3. The number of hydrogen-bond donors (Lipinski definition) is 0. The number of nitrogens with zero attached hydrogens (tertiary/aromatic N) is 2. The van der Waals surface area contributed by atoms with E-state index < -0.39 is 10.2 Å². The van der Waals surface area contributed by atoms with Crippen LogP contribution in [0.4, 0.5) is 0 Å². The van der Waals surface area contributed by atoms with Gasteiger partial charge < -0.3 is 9.47 Å². The Morgan fingerprint density at radius 3 is 2.43 bits per heavy atom. The molecule has 7 heteroatoms. The van der Waals surface area contributed by atoms with Crippen LogP contribution in [-0.4, -0.2) is 69.1 Å². The summed E-state index contributed by atoms with van der Waals surface area (Å²) in [6.45, 7) is 3.15. The maximum Gasteiger partial charge on any atom is 0.282 e. The molecule has 6 nitrogen and oxygen atoms in total. The average molecular weight is 340 g/mol. The van der Waals surface area contributed by atoms with Gasteiger partial charge in [-0.05, 0) is 18.4 Å². The highest BCUT2D eigenvalue weighted by Crippen LogP contribution is 2.18. The first-order valence-electron chi connectivity index (χ1n) is 8.15. The molecule has 0 saturated carbocycles. The first-order chi connectivity index (χ1) is 11.2. The molecule has 2 aliphatic rings. The van der Waals surface area contributed by atoms with Crippen LogP contribution in [0, 0.1) is 0 Å². The van der Waals surface area contributed by atoms with Crippen molar-refractivity contribution in [3.63, 3.8) is 0 Å². The van der Waals surface area contributed by atoms with E-state index in [1.807, 2.05) is 18.2 Å². The summed E-state index contributed by atoms with van der Waals surface area (Å²) in [4.78, 5) is 0. The average Bonchev–Trinajstić information content (AvgIpc) is 2.62. The Balaban J connectivity index is 1.57. The van der Waals surface area contributed by atoms with Crippen molar-refractivity contribution in [2.24, 2.45) is 0 Å². The van der Waals surface area contributed by atoms with Crippen LogP contribution in [-0.2, 0) is 26.1 Å². The van der Waals surface area contributed by atoms with Crippen LogP contribution in [0.5, 0.6) is 0 Å². The minimum Gasteiger partial charge on any atom is -0.379 e. The zero-order valence-corrected chi connectivity index (χ0v) is 14.1. The molecule has 0 amide bonds. The van der Waals surface area contributed by atoms with Crippen molar-refractivity contribution in [2.45, 2.75) is 18.9 Å². The standard InChI is InChI=1S/C16H24N2O4S/c19-23(20,17-8-11-21-12-9-17)18-10-13-22-16(14-18)7-6-15-4-2-1-3-5-15/h1-5,16H,6-14H2/t16-/m0/s1. The van der Waals surface area contributed by atoms with Gasteiger partial charge in [-0.25, -0.2) is 0 Å². The van der Waals surface area contributed by atoms with Gasteiger partial charge in [0, 0.05) is 26.2 Å². The van der Waals surface area contributed by atoms with Gasteiger partial charge in [0.1, 0.15) is 0 Å². The van der Waals surface area contributed by atoms with E-state index in [1.165, 1.54) is 9.87 Å². The van der Waals surface area contributed by atoms with Crippen molar-refractivity contribution < 1.29 is 17.9 Å². The minimum atomic E-state index is -3.39. The molecule has 0 aliphatic carbocycles. The van der Waals surface area contributed by atoms with Crippen LogP contribution in [0.25, 0.3) is 0 Å². The highest BCUT2D eigenvalue weighted by atomic mass is 32.2. The molecule has 0 bridgehead atoms. The number of aryl methyl sites for hydroxylation is 1. The van der Waals surface area contributed by atoms with Crippen LogP contribution in [0.15, 0.2) is 30.3 Å². The molecule has 0 N–H and O–H groups in total. The third-order valence-corrected chi connectivity index (χ3v) is 6.32. The lowest BCUT2D eigenvalue weighted by molar-refractivity contribution is -0.00866. The van der Waals surface area contributed by atoms with Gasteiger partial charge in [-0.1, -0.05) is 30.3 Å². The lowest BCUT2D eigenvalue weighted by Gasteiger charge is -2.36. The minimum absolute atomic E-state index is 0.0419. The van der Waals surface area contributed by atoms with E-state index >= 15 is 0 Å². The summed E-state index contributed by atoms with van der Waals surface area (Å²) in [6.07, 6.45) is 1.69. The normalized spacial score (nSPS) is 24.6. The van der Waals surface area contributed by atoms with Crippen LogP contribution in [0.1, 0.15) is 12.0 Å². The van der Waals surface area contributed by atoms with Crippen molar-refractivity contribution >= 4 is 10.2 Å². The predicted molar refractivity (Wildman–Crippen MR) is 87.4 cm³/mol. The summed E-state index contributed by atoms with van der Waals surface area (Å²) < 4.78 is 39.5. The molecule has 2 aliphatic heterocycles. The number of morpholine rings is 2. The molecule has 0 aromatic heterocycles. The van der Waals surface area contributed by atoms with Crippen LogP contribution in [0.3, 0.4) is 0 Å². The number of benzene rings is 1. The molecule has 2 fully saturated rings. The fourth-order valence-corrected chi connectivity index (χ4v) is 4.59. The van der Waals surface area contributed by atoms with Gasteiger partial charge >= 0.3 is 0 Å². The molecule has 2 heterocycles. The quantitative estimate of drug-likeness (QED) is 0.799. The van der Waals surface area contributed by atoms with E-state index in [0.29, 0.717) is 46.0 Å². The number of hydrogen-bond acceptors (Lipinski definition) is 4. The van der Waals surface area contributed by atoms with Crippen molar-refractivity contribution in [3.05, 3.63) is 35.9 Å². The summed E-state index contributed by atoms with van der Waals surface area (Å²) in [5.74, 6) is 0.